The van der Waals surface area contributed by atoms with Crippen molar-refractivity contribution in [2.45, 2.75) is 6.36 Å². The zero-order valence-electron chi connectivity index (χ0n) is 4.57. The molecule has 1 rings (SSSR count). The summed E-state index contributed by atoms with van der Waals surface area (Å²) in [6.45, 7) is 0. The summed E-state index contributed by atoms with van der Waals surface area (Å²) in [5.74, 6) is -0.465. The number of ether oxygens (including phenoxy) is 1. The van der Waals surface area contributed by atoms with Crippen molar-refractivity contribution in [3.63, 3.8) is 0 Å². The number of hydrogen-bond acceptors (Lipinski definition) is 2. The van der Waals surface area contributed by atoms with Crippen molar-refractivity contribution in [3.8, 4) is 5.88 Å². The van der Waals surface area contributed by atoms with Gasteiger partial charge in [-0.15, -0.1) is 13.2 Å². The first-order chi connectivity index (χ1) is 4.58. The van der Waals surface area contributed by atoms with Crippen LogP contribution in [-0.4, -0.2) is 16.6 Å². The van der Waals surface area contributed by atoms with Crippen LogP contribution < -0.4 is 4.74 Å². The van der Waals surface area contributed by atoms with Crippen LogP contribution in [0.3, 0.4) is 0 Å². The molecule has 0 atom stereocenters. The predicted octanol–water partition coefficient (Wildman–Crippen LogP) is 1.11. The predicted molar refractivity (Wildman–Crippen MR) is 24.1 cm³/mol. The van der Waals surface area contributed by atoms with Crippen LogP contribution in [0.5, 0.6) is 5.88 Å². The van der Waals surface area contributed by atoms with Gasteiger partial charge in [-0.05, 0) is 0 Å². The second-order valence-corrected chi connectivity index (χ2v) is 1.41. The van der Waals surface area contributed by atoms with Gasteiger partial charge in [0.25, 0.3) is 0 Å². The molecule has 1 aromatic rings. The number of nitrogens with one attached hydrogen (secondary N) is 1. The Morgan fingerprint density at radius 1 is 1.60 bits per heavy atom. The molecule has 1 N–H and O–H groups in total. The summed E-state index contributed by atoms with van der Waals surface area (Å²) in [7, 11) is 0. The summed E-state index contributed by atoms with van der Waals surface area (Å²) in [6.07, 6.45) is -2.54. The van der Waals surface area contributed by atoms with Crippen molar-refractivity contribution in [3.05, 3.63) is 12.3 Å². The Hall–Kier alpha value is -1.20. The SMILES string of the molecule is FC(F)(F)Oc1c[c]n[nH]1. The summed E-state index contributed by atoms with van der Waals surface area (Å²) in [4.78, 5) is 0. The van der Waals surface area contributed by atoms with Gasteiger partial charge < -0.3 is 4.74 Å². The number of hydrogen-bond donors (Lipinski definition) is 1. The van der Waals surface area contributed by atoms with E-state index in [1.165, 1.54) is 0 Å². The van der Waals surface area contributed by atoms with Crippen molar-refractivity contribution in [1.82, 2.24) is 10.2 Å². The fourth-order valence-corrected chi connectivity index (χ4v) is 0.388. The van der Waals surface area contributed by atoms with E-state index >= 15 is 0 Å². The molecule has 0 unspecified atom stereocenters. The number of rotatable bonds is 1. The Labute approximate surface area is 53.8 Å². The number of halogens is 3. The Morgan fingerprint density at radius 2 is 2.30 bits per heavy atom. The standard InChI is InChI=1S/C4H2F3N2O/c5-4(6,7)10-3-1-2-8-9-3/h1H,(H,8,9). The molecule has 3 nitrogen and oxygen atoms in total. The lowest BCUT2D eigenvalue weighted by Gasteiger charge is -2.04. The van der Waals surface area contributed by atoms with E-state index in [1.807, 2.05) is 5.10 Å². The Bertz CT molecular complexity index is 193. The smallest absolute Gasteiger partial charge is 0.388 e. The Morgan fingerprint density at radius 3 is 2.70 bits per heavy atom. The lowest BCUT2D eigenvalue weighted by Crippen LogP contribution is -2.17. The summed E-state index contributed by atoms with van der Waals surface area (Å²) in [5, 5.41) is 5.08. The van der Waals surface area contributed by atoms with Crippen LogP contribution in [0.2, 0.25) is 0 Å². The van der Waals surface area contributed by atoms with Gasteiger partial charge in [-0.25, -0.2) is 5.10 Å². The summed E-state index contributed by atoms with van der Waals surface area (Å²) >= 11 is 0. The van der Waals surface area contributed by atoms with Gasteiger partial charge in [0.15, 0.2) is 0 Å². The van der Waals surface area contributed by atoms with Crippen molar-refractivity contribution in [2.24, 2.45) is 0 Å². The van der Waals surface area contributed by atoms with Gasteiger partial charge >= 0.3 is 6.36 Å². The van der Waals surface area contributed by atoms with Gasteiger partial charge in [0.2, 0.25) is 5.88 Å². The number of aromatic nitrogens is 2. The molecule has 0 spiro atoms. The van der Waals surface area contributed by atoms with E-state index in [9.17, 15) is 13.2 Å². The van der Waals surface area contributed by atoms with E-state index in [0.29, 0.717) is 0 Å². The van der Waals surface area contributed by atoms with Gasteiger partial charge in [-0.3, -0.25) is 0 Å². The summed E-state index contributed by atoms with van der Waals surface area (Å²) in [6, 6.07) is 0.952. The number of nitrogens with zero attached hydrogens (tertiary/aromatic N) is 1. The third-order valence-corrected chi connectivity index (χ3v) is 0.652. The number of alkyl halides is 3. The molecule has 10 heavy (non-hydrogen) atoms. The van der Waals surface area contributed by atoms with E-state index in [0.717, 1.165) is 6.07 Å². The van der Waals surface area contributed by atoms with E-state index < -0.39 is 12.2 Å². The minimum atomic E-state index is -4.67. The van der Waals surface area contributed by atoms with Crippen LogP contribution >= 0.6 is 0 Å². The highest BCUT2D eigenvalue weighted by atomic mass is 19.4. The first kappa shape index (κ1) is 6.91. The zero-order valence-corrected chi connectivity index (χ0v) is 4.57. The highest BCUT2D eigenvalue weighted by molar-refractivity contribution is 5.03. The summed E-state index contributed by atoms with van der Waals surface area (Å²) < 4.78 is 37.4. The minimum Gasteiger partial charge on any atom is -0.388 e. The second kappa shape index (κ2) is 2.20. The van der Waals surface area contributed by atoms with Crippen LogP contribution in [0.25, 0.3) is 0 Å². The largest absolute Gasteiger partial charge is 0.574 e. The highest BCUT2D eigenvalue weighted by Gasteiger charge is 2.31. The fraction of sp³-hybridized carbons (Fsp3) is 0.250. The van der Waals surface area contributed by atoms with Crippen LogP contribution in [0, 0.1) is 6.20 Å². The van der Waals surface area contributed by atoms with E-state index in [2.05, 4.69) is 16.0 Å². The number of aromatic amines is 1. The molecular formula is C4H2F3N2O. The first-order valence-corrected chi connectivity index (χ1v) is 2.25. The lowest BCUT2D eigenvalue weighted by atomic mass is 10.7. The molecule has 1 aromatic heterocycles. The van der Waals surface area contributed by atoms with Crippen LogP contribution in [-0.2, 0) is 0 Å². The molecule has 0 aliphatic carbocycles. The summed E-state index contributed by atoms with van der Waals surface area (Å²) in [5.41, 5.74) is 0. The van der Waals surface area contributed by atoms with Gasteiger partial charge in [0.1, 0.15) is 6.20 Å². The van der Waals surface area contributed by atoms with Gasteiger partial charge in [-0.2, -0.15) is 5.10 Å². The maximum atomic E-state index is 11.3. The van der Waals surface area contributed by atoms with Crippen molar-refractivity contribution >= 4 is 0 Å². The Balaban J connectivity index is 2.57. The van der Waals surface area contributed by atoms with Crippen LogP contribution in [0.15, 0.2) is 6.07 Å². The normalized spacial score (nSPS) is 11.5. The molecule has 0 bridgehead atoms. The molecule has 1 heterocycles. The molecule has 6 heteroatoms. The highest BCUT2D eigenvalue weighted by Crippen LogP contribution is 2.19. The van der Waals surface area contributed by atoms with Crippen molar-refractivity contribution < 1.29 is 17.9 Å². The molecule has 0 aliphatic rings. The number of H-pyrrole nitrogens is 1. The second-order valence-electron chi connectivity index (χ2n) is 1.41. The maximum absolute atomic E-state index is 11.3. The van der Waals surface area contributed by atoms with Crippen LogP contribution in [0.4, 0.5) is 13.2 Å². The van der Waals surface area contributed by atoms with Crippen LogP contribution in [0.1, 0.15) is 0 Å². The lowest BCUT2D eigenvalue weighted by molar-refractivity contribution is -0.276. The topological polar surface area (TPSA) is 37.9 Å². The molecule has 1 radical (unpaired) electrons. The molecule has 0 saturated heterocycles. The third kappa shape index (κ3) is 1.96. The molecular weight excluding hydrogens is 149 g/mol. The molecule has 0 fully saturated rings. The molecule has 0 aromatic carbocycles. The zero-order chi connectivity index (χ0) is 7.61. The third-order valence-electron chi connectivity index (χ3n) is 0.652. The first-order valence-electron chi connectivity index (χ1n) is 2.25. The molecule has 0 saturated carbocycles. The quantitative estimate of drug-likeness (QED) is 0.652. The minimum absolute atomic E-state index is 0.465. The maximum Gasteiger partial charge on any atom is 0.574 e. The average Bonchev–Trinajstić information content (AvgIpc) is 2.12. The van der Waals surface area contributed by atoms with E-state index in [4.69, 9.17) is 0 Å². The van der Waals surface area contributed by atoms with Gasteiger partial charge in [-0.1, -0.05) is 0 Å². The molecule has 55 valence electrons. The van der Waals surface area contributed by atoms with Crippen molar-refractivity contribution in [2.75, 3.05) is 0 Å². The molecule has 0 amide bonds. The van der Waals surface area contributed by atoms with Gasteiger partial charge in [0.05, 0.1) is 0 Å². The van der Waals surface area contributed by atoms with Gasteiger partial charge in [0, 0.05) is 6.07 Å². The average molecular weight is 151 g/mol. The van der Waals surface area contributed by atoms with Crippen molar-refractivity contribution in [1.29, 1.82) is 0 Å². The van der Waals surface area contributed by atoms with E-state index in [-0.39, 0.29) is 0 Å². The molecule has 0 aliphatic heterocycles. The van der Waals surface area contributed by atoms with E-state index in [1.54, 1.807) is 0 Å². The fourth-order valence-electron chi connectivity index (χ4n) is 0.388. The monoisotopic (exact) mass is 151 g/mol. The Kier molecular flexibility index (Phi) is 1.52.